The lowest BCUT2D eigenvalue weighted by molar-refractivity contribution is 0.0941. The molecule has 2 aromatic rings. The number of rotatable bonds is 9. The highest BCUT2D eigenvalue weighted by atomic mass is 19.1. The third kappa shape index (κ3) is 4.84. The van der Waals surface area contributed by atoms with E-state index in [-0.39, 0.29) is 18.2 Å². The summed E-state index contributed by atoms with van der Waals surface area (Å²) < 4.78 is 21.7. The Morgan fingerprint density at radius 2 is 2.19 bits per heavy atom. The van der Waals surface area contributed by atoms with Crippen molar-refractivity contribution in [3.05, 3.63) is 47.0 Å². The molecule has 1 aliphatic rings. The van der Waals surface area contributed by atoms with E-state index in [9.17, 15) is 9.18 Å². The third-order valence-corrected chi connectivity index (χ3v) is 4.68. The van der Waals surface area contributed by atoms with Crippen molar-refractivity contribution in [2.75, 3.05) is 6.61 Å². The highest BCUT2D eigenvalue weighted by Crippen LogP contribution is 2.33. The minimum absolute atomic E-state index is 0.105. The molecular formula is C20H26FN3O2. The van der Waals surface area contributed by atoms with Gasteiger partial charge in [0.25, 0.3) is 5.91 Å². The summed E-state index contributed by atoms with van der Waals surface area (Å²) in [4.78, 5) is 12.2. The Kier molecular flexibility index (Phi) is 5.91. The van der Waals surface area contributed by atoms with E-state index in [1.165, 1.54) is 23.9 Å². The molecule has 1 aromatic heterocycles. The first-order valence-electron chi connectivity index (χ1n) is 9.23. The third-order valence-electron chi connectivity index (χ3n) is 4.68. The van der Waals surface area contributed by atoms with Crippen molar-refractivity contribution in [2.24, 2.45) is 13.0 Å². The molecule has 1 N–H and O–H groups in total. The molecule has 6 heteroatoms. The van der Waals surface area contributed by atoms with E-state index in [1.54, 1.807) is 31.3 Å². The summed E-state index contributed by atoms with van der Waals surface area (Å²) in [5.41, 5.74) is 1.62. The van der Waals surface area contributed by atoms with Gasteiger partial charge in [0.05, 0.1) is 12.3 Å². The molecule has 1 heterocycles. The lowest BCUT2D eigenvalue weighted by Crippen LogP contribution is -2.25. The fourth-order valence-electron chi connectivity index (χ4n) is 3.02. The van der Waals surface area contributed by atoms with Gasteiger partial charge in [0.1, 0.15) is 5.69 Å². The minimum Gasteiger partial charge on any atom is -0.491 e. The number of halogens is 1. The molecule has 3 rings (SSSR count). The molecule has 1 aromatic carbocycles. The zero-order valence-electron chi connectivity index (χ0n) is 15.4. The minimum atomic E-state index is -0.406. The largest absolute Gasteiger partial charge is 0.491 e. The monoisotopic (exact) mass is 359 g/mol. The maximum absolute atomic E-state index is 14.6. The Hall–Kier alpha value is -2.37. The van der Waals surface area contributed by atoms with Gasteiger partial charge in [0.15, 0.2) is 11.6 Å². The lowest BCUT2D eigenvalue weighted by Gasteiger charge is -2.11. The summed E-state index contributed by atoms with van der Waals surface area (Å²) in [6.07, 6.45) is 6.05. The van der Waals surface area contributed by atoms with Crippen LogP contribution in [0.2, 0.25) is 0 Å². The number of aromatic nitrogens is 2. The number of amides is 1. The Morgan fingerprint density at radius 3 is 2.88 bits per heavy atom. The predicted molar refractivity (Wildman–Crippen MR) is 97.6 cm³/mol. The van der Waals surface area contributed by atoms with Crippen molar-refractivity contribution in [3.63, 3.8) is 0 Å². The highest BCUT2D eigenvalue weighted by molar-refractivity contribution is 5.92. The van der Waals surface area contributed by atoms with E-state index in [0.717, 1.165) is 24.5 Å². The van der Waals surface area contributed by atoms with Crippen LogP contribution in [0.3, 0.4) is 0 Å². The molecule has 1 saturated carbocycles. The van der Waals surface area contributed by atoms with Crippen LogP contribution in [0.15, 0.2) is 24.3 Å². The van der Waals surface area contributed by atoms with Gasteiger partial charge < -0.3 is 10.1 Å². The predicted octanol–water partition coefficient (Wildman–Crippen LogP) is 3.76. The van der Waals surface area contributed by atoms with Crippen LogP contribution in [0.25, 0.3) is 0 Å². The van der Waals surface area contributed by atoms with E-state index < -0.39 is 5.82 Å². The van der Waals surface area contributed by atoms with Gasteiger partial charge in [-0.15, -0.1) is 0 Å². The van der Waals surface area contributed by atoms with Gasteiger partial charge in [-0.25, -0.2) is 4.39 Å². The van der Waals surface area contributed by atoms with E-state index in [0.29, 0.717) is 17.9 Å². The molecule has 1 amide bonds. The number of aryl methyl sites for hydroxylation is 2. The van der Waals surface area contributed by atoms with Crippen molar-refractivity contribution in [1.82, 2.24) is 15.1 Å². The smallest absolute Gasteiger partial charge is 0.269 e. The quantitative estimate of drug-likeness (QED) is 0.694. The van der Waals surface area contributed by atoms with Crippen LogP contribution in [0.4, 0.5) is 4.39 Å². The topological polar surface area (TPSA) is 56.1 Å². The van der Waals surface area contributed by atoms with Gasteiger partial charge in [0, 0.05) is 19.2 Å². The number of nitrogens with one attached hydrogen (secondary N) is 1. The summed E-state index contributed by atoms with van der Waals surface area (Å²) in [6.45, 7) is 2.45. The lowest BCUT2D eigenvalue weighted by atomic mass is 10.2. The maximum Gasteiger partial charge on any atom is 0.269 e. The molecule has 5 nitrogen and oxygen atoms in total. The fraction of sp³-hybridized carbons (Fsp3) is 0.500. The van der Waals surface area contributed by atoms with Crippen LogP contribution < -0.4 is 10.1 Å². The molecule has 0 bridgehead atoms. The average Bonchev–Trinajstić information content (AvgIpc) is 3.37. The van der Waals surface area contributed by atoms with Crippen LogP contribution in [-0.4, -0.2) is 22.3 Å². The van der Waals surface area contributed by atoms with E-state index in [1.807, 2.05) is 6.92 Å². The van der Waals surface area contributed by atoms with Crippen molar-refractivity contribution >= 4 is 5.91 Å². The van der Waals surface area contributed by atoms with Crippen molar-refractivity contribution in [1.29, 1.82) is 0 Å². The van der Waals surface area contributed by atoms with Crippen LogP contribution in [0.1, 0.15) is 53.8 Å². The number of hydrogen-bond acceptors (Lipinski definition) is 3. The number of hydrogen-bond donors (Lipinski definition) is 1. The summed E-state index contributed by atoms with van der Waals surface area (Å²) in [6, 6.07) is 6.74. The van der Waals surface area contributed by atoms with Crippen molar-refractivity contribution < 1.29 is 13.9 Å². The van der Waals surface area contributed by atoms with Crippen LogP contribution >= 0.6 is 0 Å². The number of unbranched alkanes of at least 4 members (excludes halogenated alkanes) is 1. The molecule has 0 saturated heterocycles. The SMILES string of the molecule is Cc1cc(C(=O)NCc2cccc(OCCCCC3CC3)c2F)n(C)n1. The first kappa shape index (κ1) is 18.4. The molecule has 26 heavy (non-hydrogen) atoms. The Balaban J connectivity index is 1.51. The van der Waals surface area contributed by atoms with E-state index >= 15 is 0 Å². The second-order valence-electron chi connectivity index (χ2n) is 6.99. The van der Waals surface area contributed by atoms with Gasteiger partial charge in [0.2, 0.25) is 0 Å². The summed E-state index contributed by atoms with van der Waals surface area (Å²) in [7, 11) is 1.71. The molecule has 0 unspecified atom stereocenters. The molecule has 0 atom stereocenters. The van der Waals surface area contributed by atoms with Crippen LogP contribution in [0, 0.1) is 18.7 Å². The van der Waals surface area contributed by atoms with Gasteiger partial charge in [-0.2, -0.15) is 5.10 Å². The highest BCUT2D eigenvalue weighted by Gasteiger charge is 2.20. The molecule has 1 aliphatic carbocycles. The molecule has 140 valence electrons. The Bertz CT molecular complexity index is 768. The standard InChI is InChI=1S/C20H26FN3O2/c1-14-12-17(24(2)23-14)20(25)22-13-16-7-5-8-18(19(16)21)26-11-4-3-6-15-9-10-15/h5,7-8,12,15H,3-4,6,9-11,13H2,1-2H3,(H,22,25). The molecule has 0 spiro atoms. The zero-order chi connectivity index (χ0) is 18.5. The van der Waals surface area contributed by atoms with E-state index in [2.05, 4.69) is 10.4 Å². The maximum atomic E-state index is 14.6. The Labute approximate surface area is 153 Å². The van der Waals surface area contributed by atoms with Gasteiger partial charge in [-0.3, -0.25) is 9.48 Å². The second-order valence-corrected chi connectivity index (χ2v) is 6.99. The van der Waals surface area contributed by atoms with Gasteiger partial charge >= 0.3 is 0 Å². The number of carbonyl (C=O) groups excluding carboxylic acids is 1. The van der Waals surface area contributed by atoms with Crippen molar-refractivity contribution in [3.8, 4) is 5.75 Å². The molecular weight excluding hydrogens is 333 g/mol. The second kappa shape index (κ2) is 8.34. The molecule has 0 radical (unpaired) electrons. The average molecular weight is 359 g/mol. The zero-order valence-corrected chi connectivity index (χ0v) is 15.4. The fourth-order valence-corrected chi connectivity index (χ4v) is 3.02. The van der Waals surface area contributed by atoms with Crippen LogP contribution in [0.5, 0.6) is 5.75 Å². The Morgan fingerprint density at radius 1 is 1.38 bits per heavy atom. The van der Waals surface area contributed by atoms with Crippen molar-refractivity contribution in [2.45, 2.75) is 45.6 Å². The molecule has 0 aliphatic heterocycles. The number of ether oxygens (including phenoxy) is 1. The number of benzene rings is 1. The summed E-state index contributed by atoms with van der Waals surface area (Å²) >= 11 is 0. The van der Waals surface area contributed by atoms with Crippen LogP contribution in [-0.2, 0) is 13.6 Å². The number of nitrogens with zero attached hydrogens (tertiary/aromatic N) is 2. The van der Waals surface area contributed by atoms with E-state index in [4.69, 9.17) is 4.74 Å². The van der Waals surface area contributed by atoms with Gasteiger partial charge in [-0.1, -0.05) is 31.4 Å². The molecule has 1 fully saturated rings. The normalized spacial score (nSPS) is 13.7. The first-order chi connectivity index (χ1) is 12.5. The number of carbonyl (C=O) groups is 1. The first-order valence-corrected chi connectivity index (χ1v) is 9.23. The summed E-state index contributed by atoms with van der Waals surface area (Å²) in [5.74, 6) is 0.483. The van der Waals surface area contributed by atoms with Gasteiger partial charge in [-0.05, 0) is 37.8 Å². The summed E-state index contributed by atoms with van der Waals surface area (Å²) in [5, 5.41) is 6.88.